The van der Waals surface area contributed by atoms with Crippen LogP contribution in [0.15, 0.2) is 12.1 Å². The number of benzene rings is 1. The van der Waals surface area contributed by atoms with Crippen LogP contribution in [0, 0.1) is 19.7 Å². The number of nitrogens with zero attached hydrogens (tertiary/aromatic N) is 1. The Balaban J connectivity index is 2.29. The maximum atomic E-state index is 14.3. The van der Waals surface area contributed by atoms with E-state index in [0.29, 0.717) is 18.4 Å². The number of carboxylic acids is 1. The monoisotopic (exact) mass is 406 g/mol. The molecule has 2 atom stereocenters. The molecule has 1 aliphatic rings. The largest absolute Gasteiger partial charge is 0.480 e. The quantitative estimate of drug-likeness (QED) is 0.711. The summed E-state index contributed by atoms with van der Waals surface area (Å²) in [5.41, 5.74) is 1.63. The third kappa shape index (κ3) is 4.54. The van der Waals surface area contributed by atoms with Crippen molar-refractivity contribution in [1.82, 2.24) is 9.03 Å². The lowest BCUT2D eigenvalue weighted by Crippen LogP contribution is -2.52. The van der Waals surface area contributed by atoms with Crippen LogP contribution in [0.4, 0.5) is 4.39 Å². The molecule has 146 valence electrons. The fourth-order valence-electron chi connectivity index (χ4n) is 3.20. The Labute approximate surface area is 158 Å². The van der Waals surface area contributed by atoms with Crippen molar-refractivity contribution in [2.45, 2.75) is 50.9 Å². The number of carbonyl (C=O) groups is 1. The molecule has 0 spiro atoms. The van der Waals surface area contributed by atoms with Crippen LogP contribution in [-0.2, 0) is 15.0 Å². The number of aryl methyl sites for hydroxylation is 1. The summed E-state index contributed by atoms with van der Waals surface area (Å²) in [4.78, 5) is 11.7. The molecule has 0 aromatic heterocycles. The molecule has 9 heteroatoms. The van der Waals surface area contributed by atoms with E-state index in [9.17, 15) is 22.7 Å². The van der Waals surface area contributed by atoms with Gasteiger partial charge in [-0.15, -0.1) is 11.6 Å². The van der Waals surface area contributed by atoms with Gasteiger partial charge < -0.3 is 5.11 Å². The summed E-state index contributed by atoms with van der Waals surface area (Å²) in [7, 11) is -4.02. The molecule has 6 nitrogen and oxygen atoms in total. The maximum Gasteiger partial charge on any atom is 0.322 e. The second-order valence-corrected chi connectivity index (χ2v) is 9.02. The van der Waals surface area contributed by atoms with Crippen LogP contribution in [0.3, 0.4) is 0 Å². The molecule has 0 bridgehead atoms. The SMILES string of the molecule is Cc1ccc(F)c(C(C)[C@H](NS(=O)(=O)N2CCC(Cl)CC2)C(=O)O)c1C. The number of hydrogen-bond donors (Lipinski definition) is 2. The van der Waals surface area contributed by atoms with E-state index in [0.717, 1.165) is 5.56 Å². The summed E-state index contributed by atoms with van der Waals surface area (Å²) in [5, 5.41) is 9.49. The number of hydrogen-bond acceptors (Lipinski definition) is 3. The minimum atomic E-state index is -4.02. The van der Waals surface area contributed by atoms with Gasteiger partial charge in [-0.25, -0.2) is 4.39 Å². The van der Waals surface area contributed by atoms with E-state index in [4.69, 9.17) is 11.6 Å². The van der Waals surface area contributed by atoms with Gasteiger partial charge in [0.2, 0.25) is 0 Å². The van der Waals surface area contributed by atoms with Crippen molar-refractivity contribution in [2.75, 3.05) is 13.1 Å². The van der Waals surface area contributed by atoms with Gasteiger partial charge in [0.1, 0.15) is 11.9 Å². The molecule has 1 aliphatic heterocycles. The van der Waals surface area contributed by atoms with Crippen LogP contribution in [-0.4, -0.2) is 48.3 Å². The summed E-state index contributed by atoms with van der Waals surface area (Å²) in [5.74, 6) is -2.78. The van der Waals surface area contributed by atoms with E-state index in [2.05, 4.69) is 4.72 Å². The van der Waals surface area contributed by atoms with Crippen LogP contribution in [0.2, 0.25) is 0 Å². The summed E-state index contributed by atoms with van der Waals surface area (Å²) in [6.45, 7) is 5.45. The fraction of sp³-hybridized carbons (Fsp3) is 0.588. The highest BCUT2D eigenvalue weighted by Gasteiger charge is 2.36. The molecule has 0 radical (unpaired) electrons. The zero-order valence-electron chi connectivity index (χ0n) is 15.0. The zero-order chi connectivity index (χ0) is 19.6. The van der Waals surface area contributed by atoms with E-state index in [1.54, 1.807) is 19.9 Å². The van der Waals surface area contributed by atoms with Gasteiger partial charge in [0, 0.05) is 24.4 Å². The third-order valence-electron chi connectivity index (χ3n) is 4.95. The zero-order valence-corrected chi connectivity index (χ0v) is 16.6. The van der Waals surface area contributed by atoms with E-state index < -0.39 is 34.0 Å². The minimum absolute atomic E-state index is 0.0836. The summed E-state index contributed by atoms with van der Waals surface area (Å²) >= 11 is 5.99. The number of piperidine rings is 1. The summed E-state index contributed by atoms with van der Waals surface area (Å²) in [6.07, 6.45) is 1.00. The molecule has 26 heavy (non-hydrogen) atoms. The first-order valence-electron chi connectivity index (χ1n) is 8.44. The first kappa shape index (κ1) is 21.1. The first-order chi connectivity index (χ1) is 12.0. The van der Waals surface area contributed by atoms with Crippen LogP contribution in [0.25, 0.3) is 0 Å². The average Bonchev–Trinajstić information content (AvgIpc) is 2.56. The number of aliphatic carboxylic acids is 1. The summed E-state index contributed by atoms with van der Waals surface area (Å²) in [6, 6.07) is 1.40. The standard InChI is InChI=1S/C17H24ClFN2O4S/c1-10-4-5-14(19)15(11(10)2)12(3)16(17(22)23)20-26(24,25)21-8-6-13(18)7-9-21/h4-5,12-13,16,20H,6-9H2,1-3H3,(H,22,23)/t12?,16-/m0/s1. The molecule has 1 fully saturated rings. The molecular formula is C17H24ClFN2O4S. The third-order valence-corrected chi connectivity index (χ3v) is 6.99. The molecule has 1 unspecified atom stereocenters. The second kappa shape index (κ2) is 8.21. The van der Waals surface area contributed by atoms with Crippen LogP contribution in [0.5, 0.6) is 0 Å². The van der Waals surface area contributed by atoms with Crippen LogP contribution < -0.4 is 4.72 Å². The van der Waals surface area contributed by atoms with Gasteiger partial charge in [0.25, 0.3) is 10.2 Å². The minimum Gasteiger partial charge on any atom is -0.480 e. The lowest BCUT2D eigenvalue weighted by molar-refractivity contribution is -0.139. The normalized spacial score (nSPS) is 19.3. The molecule has 2 N–H and O–H groups in total. The van der Waals surface area contributed by atoms with Crippen molar-refractivity contribution in [1.29, 1.82) is 0 Å². The van der Waals surface area contributed by atoms with E-state index in [1.807, 2.05) is 0 Å². The smallest absolute Gasteiger partial charge is 0.322 e. The molecule has 1 heterocycles. The molecule has 2 rings (SSSR count). The van der Waals surface area contributed by atoms with Crippen molar-refractivity contribution in [3.05, 3.63) is 34.6 Å². The summed E-state index contributed by atoms with van der Waals surface area (Å²) < 4.78 is 43.0. The Morgan fingerprint density at radius 1 is 1.35 bits per heavy atom. The van der Waals surface area contributed by atoms with E-state index in [-0.39, 0.29) is 24.0 Å². The Morgan fingerprint density at radius 3 is 2.46 bits per heavy atom. The van der Waals surface area contributed by atoms with Gasteiger partial charge in [-0.05, 0) is 49.4 Å². The number of halogens is 2. The number of carboxylic acid groups (broad SMARTS) is 1. The van der Waals surface area contributed by atoms with Crippen molar-refractivity contribution in [2.24, 2.45) is 0 Å². The van der Waals surface area contributed by atoms with Crippen molar-refractivity contribution < 1.29 is 22.7 Å². The van der Waals surface area contributed by atoms with Gasteiger partial charge in [-0.1, -0.05) is 13.0 Å². The van der Waals surface area contributed by atoms with Gasteiger partial charge in [0.05, 0.1) is 0 Å². The Kier molecular flexibility index (Phi) is 6.65. The highest BCUT2D eigenvalue weighted by molar-refractivity contribution is 7.87. The molecule has 1 saturated heterocycles. The van der Waals surface area contributed by atoms with Crippen LogP contribution in [0.1, 0.15) is 42.4 Å². The molecule has 0 saturated carbocycles. The Bertz CT molecular complexity index is 779. The van der Waals surface area contributed by atoms with Crippen molar-refractivity contribution in [3.8, 4) is 0 Å². The number of rotatable bonds is 6. The van der Waals surface area contributed by atoms with Gasteiger partial charge in [0.15, 0.2) is 0 Å². The van der Waals surface area contributed by atoms with Crippen LogP contribution >= 0.6 is 11.6 Å². The van der Waals surface area contributed by atoms with E-state index >= 15 is 0 Å². The molecule has 1 aromatic carbocycles. The van der Waals surface area contributed by atoms with Crippen molar-refractivity contribution >= 4 is 27.8 Å². The molecule has 1 aromatic rings. The lowest BCUT2D eigenvalue weighted by atomic mass is 9.88. The molecule has 0 aliphatic carbocycles. The Morgan fingerprint density at radius 2 is 1.92 bits per heavy atom. The molecular weight excluding hydrogens is 383 g/mol. The van der Waals surface area contributed by atoms with Gasteiger partial charge in [-0.3, -0.25) is 4.79 Å². The average molecular weight is 407 g/mol. The van der Waals surface area contributed by atoms with Gasteiger partial charge >= 0.3 is 5.97 Å². The van der Waals surface area contributed by atoms with Crippen molar-refractivity contribution in [3.63, 3.8) is 0 Å². The highest BCUT2D eigenvalue weighted by Crippen LogP contribution is 2.29. The fourth-order valence-corrected chi connectivity index (χ4v) is 4.86. The first-order valence-corrected chi connectivity index (χ1v) is 10.3. The predicted molar refractivity (Wildman–Crippen MR) is 98.2 cm³/mol. The van der Waals surface area contributed by atoms with E-state index in [1.165, 1.54) is 17.3 Å². The lowest BCUT2D eigenvalue weighted by Gasteiger charge is -2.31. The Hall–Kier alpha value is -1.22. The highest BCUT2D eigenvalue weighted by atomic mass is 35.5. The second-order valence-electron chi connectivity index (χ2n) is 6.70. The van der Waals surface area contributed by atoms with Gasteiger partial charge in [-0.2, -0.15) is 17.4 Å². The number of nitrogens with one attached hydrogen (secondary N) is 1. The topological polar surface area (TPSA) is 86.7 Å². The maximum absolute atomic E-state index is 14.3. The number of alkyl halides is 1. The molecule has 0 amide bonds. The predicted octanol–water partition coefficient (Wildman–Crippen LogP) is 2.54.